The number of rotatable bonds is 14. The summed E-state index contributed by atoms with van der Waals surface area (Å²) in [7, 11) is 1.60. The van der Waals surface area contributed by atoms with Crippen LogP contribution < -0.4 is 21.1 Å². The number of carbonyl (C=O) groups is 3. The highest BCUT2D eigenvalue weighted by atomic mass is 16.5. The molecule has 0 spiro atoms. The Morgan fingerprint density at radius 1 is 1.02 bits per heavy atom. The molecule has 4 rings (SSSR count). The van der Waals surface area contributed by atoms with E-state index in [4.69, 9.17) is 19.9 Å². The molecule has 0 aliphatic carbocycles. The Kier molecular flexibility index (Phi) is 10.2. The van der Waals surface area contributed by atoms with Crippen LogP contribution in [0.1, 0.15) is 39.3 Å². The zero-order valence-electron chi connectivity index (χ0n) is 22.5. The number of amides is 3. The summed E-state index contributed by atoms with van der Waals surface area (Å²) in [5.74, 6) is -0.595. The van der Waals surface area contributed by atoms with E-state index in [0.717, 1.165) is 5.56 Å². The third-order valence-electron chi connectivity index (χ3n) is 5.91. The molecule has 0 saturated carbocycles. The topological polar surface area (TPSA) is 173 Å². The highest BCUT2D eigenvalue weighted by Crippen LogP contribution is 2.31. The third kappa shape index (κ3) is 7.99. The van der Waals surface area contributed by atoms with Crippen molar-refractivity contribution in [1.29, 1.82) is 0 Å². The first-order chi connectivity index (χ1) is 20.0. The largest absolute Gasteiger partial charge is 0.491 e. The summed E-state index contributed by atoms with van der Waals surface area (Å²) in [5, 5.41) is 13.1. The van der Waals surface area contributed by atoms with E-state index in [1.54, 1.807) is 23.8 Å². The van der Waals surface area contributed by atoms with Gasteiger partial charge in [-0.1, -0.05) is 30.3 Å². The molecule has 0 fully saturated rings. The maximum absolute atomic E-state index is 12.9. The maximum Gasteiger partial charge on any atom is 0.407 e. The van der Waals surface area contributed by atoms with Gasteiger partial charge in [0.05, 0.1) is 12.1 Å². The first kappa shape index (κ1) is 29.0. The van der Waals surface area contributed by atoms with Crippen molar-refractivity contribution in [2.45, 2.75) is 26.0 Å². The zero-order valence-corrected chi connectivity index (χ0v) is 22.5. The summed E-state index contributed by atoms with van der Waals surface area (Å²) in [6, 6.07) is 15.6. The lowest BCUT2D eigenvalue weighted by Crippen LogP contribution is -2.26. The van der Waals surface area contributed by atoms with Gasteiger partial charge in [0, 0.05) is 45.0 Å². The number of hydrogen-bond donors (Lipinski definition) is 3. The van der Waals surface area contributed by atoms with Gasteiger partial charge in [-0.15, -0.1) is 5.10 Å². The van der Waals surface area contributed by atoms with E-state index < -0.39 is 17.9 Å². The fourth-order valence-electron chi connectivity index (χ4n) is 3.97. The Labute approximate surface area is 236 Å². The maximum atomic E-state index is 12.9. The van der Waals surface area contributed by atoms with Crippen LogP contribution in [0.3, 0.4) is 0 Å². The number of methoxy groups -OCH3 is 1. The molecule has 0 aliphatic rings. The van der Waals surface area contributed by atoms with Gasteiger partial charge in [0.25, 0.3) is 5.91 Å². The van der Waals surface area contributed by atoms with E-state index in [9.17, 15) is 14.4 Å². The van der Waals surface area contributed by atoms with Crippen LogP contribution in [-0.2, 0) is 22.6 Å². The number of ether oxygens (including phenoxy) is 3. The van der Waals surface area contributed by atoms with E-state index in [2.05, 4.69) is 25.8 Å². The van der Waals surface area contributed by atoms with Gasteiger partial charge in [0.2, 0.25) is 11.9 Å². The molecule has 4 N–H and O–H groups in total. The summed E-state index contributed by atoms with van der Waals surface area (Å²) in [5.41, 5.74) is 7.69. The monoisotopic (exact) mass is 561 g/mol. The Hall–Kier alpha value is -5.04. The van der Waals surface area contributed by atoms with E-state index in [1.165, 1.54) is 18.3 Å². The van der Waals surface area contributed by atoms with Crippen molar-refractivity contribution in [2.75, 3.05) is 32.2 Å². The van der Waals surface area contributed by atoms with Crippen molar-refractivity contribution in [2.24, 2.45) is 5.73 Å². The number of carbonyl (C=O) groups excluding carboxylic acids is 3. The predicted molar refractivity (Wildman–Crippen MR) is 149 cm³/mol. The molecule has 0 aliphatic heterocycles. The number of alkyl carbamates (subject to hydrolysis) is 1. The van der Waals surface area contributed by atoms with E-state index in [0.29, 0.717) is 49.4 Å². The lowest BCUT2D eigenvalue weighted by Gasteiger charge is -2.14. The highest BCUT2D eigenvalue weighted by Gasteiger charge is 2.21. The minimum atomic E-state index is -0.647. The normalized spacial score (nSPS) is 10.8. The number of imidazole rings is 1. The summed E-state index contributed by atoms with van der Waals surface area (Å²) < 4.78 is 18.1. The van der Waals surface area contributed by atoms with Gasteiger partial charge in [-0.2, -0.15) is 5.10 Å². The molecule has 0 saturated heterocycles. The number of benzene rings is 2. The number of fused-ring (bicyclic) bond motifs is 1. The van der Waals surface area contributed by atoms with Crippen LogP contribution in [0.15, 0.2) is 60.8 Å². The molecule has 13 heteroatoms. The van der Waals surface area contributed by atoms with Gasteiger partial charge in [0.15, 0.2) is 5.69 Å². The zero-order chi connectivity index (χ0) is 29.0. The van der Waals surface area contributed by atoms with Crippen molar-refractivity contribution < 1.29 is 28.6 Å². The number of hydrogen-bond acceptors (Lipinski definition) is 9. The van der Waals surface area contributed by atoms with Gasteiger partial charge in [-0.05, 0) is 36.2 Å². The number of aryl methyl sites for hydroxylation is 1. The number of nitrogens with two attached hydrogens (primary N) is 1. The van der Waals surface area contributed by atoms with Crippen molar-refractivity contribution in [3.63, 3.8) is 0 Å². The quantitative estimate of drug-likeness (QED) is 0.196. The van der Waals surface area contributed by atoms with Crippen LogP contribution in [0, 0.1) is 0 Å². The molecule has 214 valence electrons. The molecule has 2 aromatic carbocycles. The van der Waals surface area contributed by atoms with Crippen molar-refractivity contribution in [3.8, 4) is 5.75 Å². The molecular weight excluding hydrogens is 530 g/mol. The van der Waals surface area contributed by atoms with Crippen LogP contribution in [0.25, 0.3) is 11.0 Å². The summed E-state index contributed by atoms with van der Waals surface area (Å²) in [4.78, 5) is 41.7. The van der Waals surface area contributed by atoms with Crippen LogP contribution in [0.5, 0.6) is 5.75 Å². The van der Waals surface area contributed by atoms with Gasteiger partial charge < -0.3 is 29.8 Å². The van der Waals surface area contributed by atoms with E-state index >= 15 is 0 Å². The number of primary amides is 1. The highest BCUT2D eigenvalue weighted by molar-refractivity contribution is 6.03. The molecule has 2 aromatic heterocycles. The smallest absolute Gasteiger partial charge is 0.407 e. The molecule has 13 nitrogen and oxygen atoms in total. The van der Waals surface area contributed by atoms with Crippen LogP contribution in [-0.4, -0.2) is 64.5 Å². The molecule has 41 heavy (non-hydrogen) atoms. The molecule has 0 bridgehead atoms. The average Bonchev–Trinajstić information content (AvgIpc) is 3.34. The standard InChI is InChI=1S/C28H31N7O6/c1-39-14-7-15-40-23-17-20(25(29)36)16-22-24(23)35(27(32-22)33-26(37)21-10-5-12-31-34-21)13-6-11-30-28(38)41-18-19-8-3-2-4-9-19/h2-5,8-10,12,16-17H,6-7,11,13-15,18H2,1H3,(H2,29,36)(H,30,38)(H,32,33,37). The van der Waals surface area contributed by atoms with Gasteiger partial charge in [-0.25, -0.2) is 9.78 Å². The van der Waals surface area contributed by atoms with Crippen LogP contribution in [0.2, 0.25) is 0 Å². The van der Waals surface area contributed by atoms with Crippen molar-refractivity contribution in [3.05, 3.63) is 77.6 Å². The fourth-order valence-corrected chi connectivity index (χ4v) is 3.97. The minimum absolute atomic E-state index is 0.0998. The predicted octanol–water partition coefficient (Wildman–Crippen LogP) is 2.91. The Morgan fingerprint density at radius 2 is 1.85 bits per heavy atom. The van der Waals surface area contributed by atoms with Gasteiger partial charge in [-0.3, -0.25) is 14.9 Å². The molecule has 4 aromatic rings. The Balaban J connectivity index is 1.54. The second-order valence-electron chi connectivity index (χ2n) is 8.89. The molecular formula is C28H31N7O6. The summed E-state index contributed by atoms with van der Waals surface area (Å²) in [6.45, 7) is 1.57. The van der Waals surface area contributed by atoms with Crippen LogP contribution >= 0.6 is 0 Å². The van der Waals surface area contributed by atoms with Crippen LogP contribution in [0.4, 0.5) is 10.7 Å². The molecule has 0 atom stereocenters. The Bertz CT molecular complexity index is 1480. The number of aromatic nitrogens is 4. The number of nitrogens with one attached hydrogen (secondary N) is 2. The van der Waals surface area contributed by atoms with Gasteiger partial charge >= 0.3 is 6.09 Å². The molecule has 2 heterocycles. The minimum Gasteiger partial charge on any atom is -0.491 e. The molecule has 0 radical (unpaired) electrons. The lowest BCUT2D eigenvalue weighted by atomic mass is 10.1. The second kappa shape index (κ2) is 14.4. The lowest BCUT2D eigenvalue weighted by molar-refractivity contribution is 0.0996. The Morgan fingerprint density at radius 3 is 2.59 bits per heavy atom. The second-order valence-corrected chi connectivity index (χ2v) is 8.89. The average molecular weight is 562 g/mol. The number of anilines is 1. The third-order valence-corrected chi connectivity index (χ3v) is 5.91. The van der Waals surface area contributed by atoms with E-state index in [1.807, 2.05) is 30.3 Å². The number of nitrogens with zero attached hydrogens (tertiary/aromatic N) is 4. The summed E-state index contributed by atoms with van der Waals surface area (Å²) in [6.07, 6.45) is 1.98. The molecule has 0 unspecified atom stereocenters. The SMILES string of the molecule is COCCCOc1cc(C(N)=O)cc2nc(NC(=O)c3cccnn3)n(CCCNC(=O)OCc3ccccc3)c12. The fraction of sp³-hybridized carbons (Fsp3) is 0.286. The van der Waals surface area contributed by atoms with E-state index in [-0.39, 0.29) is 30.4 Å². The van der Waals surface area contributed by atoms with Crippen molar-refractivity contribution in [1.82, 2.24) is 25.1 Å². The van der Waals surface area contributed by atoms with Crippen molar-refractivity contribution >= 4 is 34.9 Å². The first-order valence-corrected chi connectivity index (χ1v) is 13.0. The summed E-state index contributed by atoms with van der Waals surface area (Å²) >= 11 is 0. The van der Waals surface area contributed by atoms with Gasteiger partial charge in [0.1, 0.15) is 17.9 Å². The molecule has 3 amide bonds. The first-order valence-electron chi connectivity index (χ1n) is 13.0.